The van der Waals surface area contributed by atoms with Crippen molar-refractivity contribution >= 4 is 0 Å². The quantitative estimate of drug-likeness (QED) is 0.870. The molecule has 4 nitrogen and oxygen atoms in total. The summed E-state index contributed by atoms with van der Waals surface area (Å²) >= 11 is 0. The van der Waals surface area contributed by atoms with Crippen molar-refractivity contribution in [2.45, 2.75) is 31.2 Å². The molecule has 3 rings (SSSR count). The van der Waals surface area contributed by atoms with E-state index in [-0.39, 0.29) is 12.1 Å². The van der Waals surface area contributed by atoms with Gasteiger partial charge in [-0.2, -0.15) is 0 Å². The summed E-state index contributed by atoms with van der Waals surface area (Å²) in [7, 11) is 0. The van der Waals surface area contributed by atoms with Crippen LogP contribution < -0.4 is 14.8 Å². The minimum absolute atomic E-state index is 0.00142. The molecule has 0 aromatic heterocycles. The van der Waals surface area contributed by atoms with E-state index in [1.807, 2.05) is 6.07 Å². The second-order valence-electron chi connectivity index (χ2n) is 5.30. The molecule has 0 radical (unpaired) electrons. The molecule has 4 heteroatoms. The molecule has 2 aliphatic rings. The van der Waals surface area contributed by atoms with E-state index in [1.165, 1.54) is 18.4 Å². The van der Waals surface area contributed by atoms with Crippen molar-refractivity contribution in [1.82, 2.24) is 5.32 Å². The first kappa shape index (κ1) is 12.8. The molecule has 0 amide bonds. The molecule has 104 valence electrons. The second kappa shape index (κ2) is 5.39. The SMILES string of the molecule is OCCNC1(c2ccc3c(c2)OCCO3)CCCC1. The molecule has 1 aromatic carbocycles. The number of benzene rings is 1. The molecule has 2 N–H and O–H groups in total. The van der Waals surface area contributed by atoms with Gasteiger partial charge in [-0.3, -0.25) is 0 Å². The lowest BCUT2D eigenvalue weighted by Crippen LogP contribution is -2.41. The van der Waals surface area contributed by atoms with Crippen LogP contribution in [0, 0.1) is 0 Å². The Hall–Kier alpha value is -1.26. The number of aliphatic hydroxyl groups is 1. The maximum absolute atomic E-state index is 9.07. The van der Waals surface area contributed by atoms with Crippen LogP contribution in [0.4, 0.5) is 0 Å². The number of ether oxygens (including phenoxy) is 2. The molecule has 1 aromatic rings. The fourth-order valence-corrected chi connectivity index (χ4v) is 3.18. The molecule has 19 heavy (non-hydrogen) atoms. The molecule has 0 bridgehead atoms. The molecular formula is C15H21NO3. The number of hydrogen-bond donors (Lipinski definition) is 2. The highest BCUT2D eigenvalue weighted by atomic mass is 16.6. The van der Waals surface area contributed by atoms with E-state index in [0.29, 0.717) is 19.8 Å². The summed E-state index contributed by atoms with van der Waals surface area (Å²) in [5.74, 6) is 1.69. The summed E-state index contributed by atoms with van der Waals surface area (Å²) in [5.41, 5.74) is 1.25. The summed E-state index contributed by atoms with van der Waals surface area (Å²) in [5, 5.41) is 12.6. The maximum atomic E-state index is 9.07. The summed E-state index contributed by atoms with van der Waals surface area (Å²) < 4.78 is 11.2. The Labute approximate surface area is 113 Å². The van der Waals surface area contributed by atoms with Gasteiger partial charge in [0.1, 0.15) is 13.2 Å². The first-order valence-corrected chi connectivity index (χ1v) is 7.10. The lowest BCUT2D eigenvalue weighted by atomic mass is 9.87. The lowest BCUT2D eigenvalue weighted by Gasteiger charge is -2.32. The van der Waals surface area contributed by atoms with Gasteiger partial charge in [-0.05, 0) is 30.5 Å². The van der Waals surface area contributed by atoms with Crippen molar-refractivity contribution in [3.05, 3.63) is 23.8 Å². The first-order chi connectivity index (χ1) is 9.34. The van der Waals surface area contributed by atoms with E-state index in [0.717, 1.165) is 24.3 Å². The van der Waals surface area contributed by atoms with Crippen LogP contribution in [0.5, 0.6) is 11.5 Å². The Morgan fingerprint density at radius 2 is 1.84 bits per heavy atom. The van der Waals surface area contributed by atoms with E-state index in [9.17, 15) is 0 Å². The number of rotatable bonds is 4. The van der Waals surface area contributed by atoms with Crippen molar-refractivity contribution in [1.29, 1.82) is 0 Å². The average Bonchev–Trinajstić information content (AvgIpc) is 2.95. The molecule has 1 heterocycles. The monoisotopic (exact) mass is 263 g/mol. The predicted molar refractivity (Wildman–Crippen MR) is 72.7 cm³/mol. The van der Waals surface area contributed by atoms with Gasteiger partial charge in [0.25, 0.3) is 0 Å². The molecule has 0 unspecified atom stereocenters. The van der Waals surface area contributed by atoms with Crippen LogP contribution in [0.15, 0.2) is 18.2 Å². The van der Waals surface area contributed by atoms with Crippen LogP contribution in [0.1, 0.15) is 31.2 Å². The fraction of sp³-hybridized carbons (Fsp3) is 0.600. The van der Waals surface area contributed by atoms with Crippen LogP contribution >= 0.6 is 0 Å². The first-order valence-electron chi connectivity index (χ1n) is 7.10. The van der Waals surface area contributed by atoms with E-state index in [2.05, 4.69) is 17.4 Å². The molecule has 1 saturated carbocycles. The van der Waals surface area contributed by atoms with Crippen LogP contribution in [-0.4, -0.2) is 31.5 Å². The number of aliphatic hydroxyl groups excluding tert-OH is 1. The average molecular weight is 263 g/mol. The van der Waals surface area contributed by atoms with E-state index >= 15 is 0 Å². The van der Waals surface area contributed by atoms with Crippen molar-refractivity contribution in [2.24, 2.45) is 0 Å². The van der Waals surface area contributed by atoms with Crippen molar-refractivity contribution < 1.29 is 14.6 Å². The normalized spacial score (nSPS) is 20.5. The Morgan fingerprint density at radius 1 is 1.11 bits per heavy atom. The highest BCUT2D eigenvalue weighted by molar-refractivity contribution is 5.46. The van der Waals surface area contributed by atoms with Crippen LogP contribution in [-0.2, 0) is 5.54 Å². The highest BCUT2D eigenvalue weighted by Gasteiger charge is 2.35. The van der Waals surface area contributed by atoms with Crippen LogP contribution in [0.3, 0.4) is 0 Å². The van der Waals surface area contributed by atoms with Gasteiger partial charge in [0.05, 0.1) is 6.61 Å². The number of hydrogen-bond acceptors (Lipinski definition) is 4. The Balaban J connectivity index is 1.89. The third kappa shape index (κ3) is 2.42. The third-order valence-electron chi connectivity index (χ3n) is 4.13. The van der Waals surface area contributed by atoms with E-state index in [1.54, 1.807) is 0 Å². The number of nitrogens with one attached hydrogen (secondary N) is 1. The Kier molecular flexibility index (Phi) is 3.62. The second-order valence-corrected chi connectivity index (χ2v) is 5.30. The fourth-order valence-electron chi connectivity index (χ4n) is 3.18. The lowest BCUT2D eigenvalue weighted by molar-refractivity contribution is 0.170. The summed E-state index contributed by atoms with van der Waals surface area (Å²) in [4.78, 5) is 0. The molecule has 0 saturated heterocycles. The minimum atomic E-state index is -0.00142. The van der Waals surface area contributed by atoms with Gasteiger partial charge in [0, 0.05) is 12.1 Å². The van der Waals surface area contributed by atoms with Crippen LogP contribution in [0.2, 0.25) is 0 Å². The highest BCUT2D eigenvalue weighted by Crippen LogP contribution is 2.42. The van der Waals surface area contributed by atoms with Gasteiger partial charge in [-0.15, -0.1) is 0 Å². The van der Waals surface area contributed by atoms with Gasteiger partial charge in [-0.25, -0.2) is 0 Å². The summed E-state index contributed by atoms with van der Waals surface area (Å²) in [6.07, 6.45) is 4.69. The predicted octanol–water partition coefficient (Wildman–Crippen LogP) is 1.81. The van der Waals surface area contributed by atoms with Gasteiger partial charge in [0.15, 0.2) is 11.5 Å². The van der Waals surface area contributed by atoms with Crippen LogP contribution in [0.25, 0.3) is 0 Å². The zero-order valence-corrected chi connectivity index (χ0v) is 11.2. The summed E-state index contributed by atoms with van der Waals surface area (Å²) in [6, 6.07) is 6.23. The molecule has 0 spiro atoms. The number of fused-ring (bicyclic) bond motifs is 1. The standard InChI is InChI=1S/C15H21NO3/c17-8-7-16-15(5-1-2-6-15)12-3-4-13-14(11-12)19-10-9-18-13/h3-4,11,16-17H,1-2,5-10H2. The van der Waals surface area contributed by atoms with E-state index < -0.39 is 0 Å². The maximum Gasteiger partial charge on any atom is 0.161 e. The zero-order valence-electron chi connectivity index (χ0n) is 11.2. The molecular weight excluding hydrogens is 242 g/mol. The summed E-state index contributed by atoms with van der Waals surface area (Å²) in [6.45, 7) is 2.05. The molecule has 1 aliphatic carbocycles. The van der Waals surface area contributed by atoms with Gasteiger partial charge in [-0.1, -0.05) is 18.9 Å². The largest absolute Gasteiger partial charge is 0.486 e. The van der Waals surface area contributed by atoms with Gasteiger partial charge in [0.2, 0.25) is 0 Å². The zero-order chi connectivity index (χ0) is 13.1. The Morgan fingerprint density at radius 3 is 2.58 bits per heavy atom. The minimum Gasteiger partial charge on any atom is -0.486 e. The third-order valence-corrected chi connectivity index (χ3v) is 4.13. The van der Waals surface area contributed by atoms with Crippen molar-refractivity contribution in [3.63, 3.8) is 0 Å². The Bertz CT molecular complexity index is 441. The van der Waals surface area contributed by atoms with Crippen molar-refractivity contribution in [2.75, 3.05) is 26.4 Å². The molecule has 1 fully saturated rings. The van der Waals surface area contributed by atoms with Crippen molar-refractivity contribution in [3.8, 4) is 11.5 Å². The molecule has 0 atom stereocenters. The van der Waals surface area contributed by atoms with Gasteiger partial charge < -0.3 is 19.9 Å². The van der Waals surface area contributed by atoms with E-state index in [4.69, 9.17) is 14.6 Å². The molecule has 1 aliphatic heterocycles. The van der Waals surface area contributed by atoms with Gasteiger partial charge >= 0.3 is 0 Å². The topological polar surface area (TPSA) is 50.7 Å². The smallest absolute Gasteiger partial charge is 0.161 e.